The molecule has 2 nitrogen and oxygen atoms in total. The lowest BCUT2D eigenvalue weighted by Crippen LogP contribution is -2.31. The summed E-state index contributed by atoms with van der Waals surface area (Å²) in [7, 11) is 0. The van der Waals surface area contributed by atoms with Gasteiger partial charge in [-0.25, -0.2) is 0 Å². The summed E-state index contributed by atoms with van der Waals surface area (Å²) in [5.74, 6) is 0. The number of fused-ring (bicyclic) bond motifs is 14. The second-order valence-electron chi connectivity index (χ2n) is 24.0. The molecule has 0 bridgehead atoms. The van der Waals surface area contributed by atoms with Crippen LogP contribution in [0.25, 0.3) is 76.2 Å². The first-order valence-electron chi connectivity index (χ1n) is 27.8. The minimum atomic E-state index is -0.608. The molecule has 0 atom stereocenters. The maximum Gasteiger partial charge on any atom is 0.0702 e. The Morgan fingerprint density at radius 1 is 0.218 bits per heavy atom. The zero-order chi connectivity index (χ0) is 52.7. The van der Waals surface area contributed by atoms with Crippen LogP contribution in [-0.2, 0) is 21.7 Å². The third-order valence-electron chi connectivity index (χ3n) is 17.8. The first-order valence-corrected chi connectivity index (χ1v) is 27.8. The summed E-state index contributed by atoms with van der Waals surface area (Å²) >= 11 is 0. The molecule has 78 heavy (non-hydrogen) atoms. The SMILES string of the molecule is CC(C)(C)c1ccc2c3c4c5ccc(C(c6ccccc6)(c6ccccc6)c6ccccc6)cc5n5c6cc(C(C)(C)C)ccc6c(c6c7ccc(C(c8ccccc8)(c8ccccc8)c8ccccc8)cc7n(c2c1)c36)c45. The average Bonchev–Trinajstić information content (AvgIpc) is 4.40. The van der Waals surface area contributed by atoms with Crippen molar-refractivity contribution >= 4 is 76.2 Å². The zero-order valence-electron chi connectivity index (χ0n) is 45.1. The average molecular weight is 1000 g/mol. The van der Waals surface area contributed by atoms with Gasteiger partial charge in [0.25, 0.3) is 0 Å². The molecule has 0 spiro atoms. The quantitative estimate of drug-likeness (QED) is 0.134. The fourth-order valence-corrected chi connectivity index (χ4v) is 14.2. The summed E-state index contributed by atoms with van der Waals surface area (Å²) in [4.78, 5) is 0. The molecule has 0 radical (unpaired) electrons. The zero-order valence-corrected chi connectivity index (χ0v) is 45.1. The lowest BCUT2D eigenvalue weighted by Gasteiger charge is -2.37. The molecular weight excluding hydrogens is 941 g/mol. The van der Waals surface area contributed by atoms with Crippen molar-refractivity contribution in [3.8, 4) is 0 Å². The van der Waals surface area contributed by atoms with E-state index >= 15 is 0 Å². The molecular formula is C76H60N2. The molecule has 0 fully saturated rings. The molecule has 4 aromatic heterocycles. The monoisotopic (exact) mass is 1000 g/mol. The smallest absolute Gasteiger partial charge is 0.0702 e. The van der Waals surface area contributed by atoms with E-state index in [1.165, 1.54) is 132 Å². The Bertz CT molecular complexity index is 4250. The van der Waals surface area contributed by atoms with Crippen LogP contribution in [0.3, 0.4) is 0 Å². The van der Waals surface area contributed by atoms with Crippen molar-refractivity contribution in [2.75, 3.05) is 0 Å². The van der Waals surface area contributed by atoms with Gasteiger partial charge in [0.05, 0.1) is 43.9 Å². The predicted molar refractivity (Wildman–Crippen MR) is 330 cm³/mol. The second-order valence-corrected chi connectivity index (χ2v) is 24.0. The molecule has 0 aliphatic carbocycles. The second kappa shape index (κ2) is 16.8. The van der Waals surface area contributed by atoms with E-state index in [2.05, 4.69) is 305 Å². The highest BCUT2D eigenvalue weighted by Crippen LogP contribution is 2.55. The van der Waals surface area contributed by atoms with Gasteiger partial charge in [-0.05, 0) is 90.7 Å². The predicted octanol–water partition coefficient (Wildman–Crippen LogP) is 19.3. The summed E-state index contributed by atoms with van der Waals surface area (Å²) in [6, 6.07) is 96.6. The van der Waals surface area contributed by atoms with Gasteiger partial charge in [-0.2, -0.15) is 0 Å². The van der Waals surface area contributed by atoms with Gasteiger partial charge in [-0.1, -0.05) is 272 Å². The Balaban J connectivity index is 1.14. The number of benzene rings is 11. The van der Waals surface area contributed by atoms with Crippen molar-refractivity contribution in [1.82, 2.24) is 8.80 Å². The topological polar surface area (TPSA) is 8.82 Å². The number of hydrogen-bond donors (Lipinski definition) is 0. The summed E-state index contributed by atoms with van der Waals surface area (Å²) < 4.78 is 5.33. The highest BCUT2D eigenvalue weighted by atomic mass is 14.9. The Morgan fingerprint density at radius 3 is 0.641 bits per heavy atom. The van der Waals surface area contributed by atoms with E-state index in [0.29, 0.717) is 0 Å². The molecule has 15 rings (SSSR count). The van der Waals surface area contributed by atoms with Gasteiger partial charge in [0.1, 0.15) is 0 Å². The molecule has 0 amide bonds. The van der Waals surface area contributed by atoms with Gasteiger partial charge in [0, 0.05) is 43.1 Å². The summed E-state index contributed by atoms with van der Waals surface area (Å²) in [5, 5.41) is 10.4. The van der Waals surface area contributed by atoms with Gasteiger partial charge in [0.2, 0.25) is 0 Å². The highest BCUT2D eigenvalue weighted by molar-refractivity contribution is 6.45. The number of rotatable bonds is 8. The van der Waals surface area contributed by atoms with Crippen LogP contribution in [0.5, 0.6) is 0 Å². The molecule has 0 aliphatic rings. The first-order chi connectivity index (χ1) is 38.0. The molecule has 11 aromatic carbocycles. The molecule has 0 unspecified atom stereocenters. The van der Waals surface area contributed by atoms with Crippen molar-refractivity contribution in [2.24, 2.45) is 0 Å². The van der Waals surface area contributed by atoms with Crippen LogP contribution in [0, 0.1) is 0 Å². The molecule has 0 aliphatic heterocycles. The standard InChI is InChI=1S/C76H60N2/c1-73(2,3)55-37-41-59-63(45-55)77-65-47-57(75(49-25-13-7-14-26-49,50-27-15-8-16-28-50)51-29-17-9-18-30-51)39-43-61(65)70-68-60-42-38-56(74(4,5)6)46-64(60)78-66-48-58(40-44-62(66)69(72(68)78)67(59)71(70)77)76(52-31-19-10-20-32-52,53-33-21-11-22-34-53)54-35-23-12-24-36-54/h7-48H,1-6H3. The van der Waals surface area contributed by atoms with Crippen LogP contribution in [0.15, 0.2) is 255 Å². The molecule has 0 N–H and O–H groups in total. The third-order valence-corrected chi connectivity index (χ3v) is 17.8. The van der Waals surface area contributed by atoms with Crippen LogP contribution in [0.4, 0.5) is 0 Å². The Labute approximate surface area is 456 Å². The Kier molecular flexibility index (Phi) is 9.95. The van der Waals surface area contributed by atoms with E-state index in [0.717, 1.165) is 0 Å². The summed E-state index contributed by atoms with van der Waals surface area (Å²) in [6.45, 7) is 14.1. The van der Waals surface area contributed by atoms with E-state index in [9.17, 15) is 0 Å². The number of nitrogens with zero attached hydrogens (tertiary/aromatic N) is 2. The van der Waals surface area contributed by atoms with Crippen LogP contribution >= 0.6 is 0 Å². The first kappa shape index (κ1) is 46.3. The van der Waals surface area contributed by atoms with E-state index in [4.69, 9.17) is 0 Å². The molecule has 0 saturated carbocycles. The van der Waals surface area contributed by atoms with Gasteiger partial charge in [0.15, 0.2) is 0 Å². The Hall–Kier alpha value is -8.98. The maximum absolute atomic E-state index is 2.67. The van der Waals surface area contributed by atoms with Gasteiger partial charge in [-0.3, -0.25) is 0 Å². The number of aromatic nitrogens is 2. The molecule has 2 heteroatoms. The number of hydrogen-bond acceptors (Lipinski definition) is 0. The van der Waals surface area contributed by atoms with Crippen LogP contribution < -0.4 is 0 Å². The molecule has 374 valence electrons. The largest absolute Gasteiger partial charge is 0.308 e. The Morgan fingerprint density at radius 2 is 0.423 bits per heavy atom. The fourth-order valence-electron chi connectivity index (χ4n) is 14.2. The molecule has 15 aromatic rings. The van der Waals surface area contributed by atoms with Crippen LogP contribution in [0.2, 0.25) is 0 Å². The van der Waals surface area contributed by atoms with E-state index in [1.54, 1.807) is 0 Å². The molecule has 0 saturated heterocycles. The van der Waals surface area contributed by atoms with E-state index in [1.807, 2.05) is 0 Å². The summed E-state index contributed by atoms with van der Waals surface area (Å²) in [6.07, 6.45) is 0. The van der Waals surface area contributed by atoms with Crippen molar-refractivity contribution in [2.45, 2.75) is 63.2 Å². The minimum absolute atomic E-state index is 0.0646. The van der Waals surface area contributed by atoms with Crippen molar-refractivity contribution in [3.05, 3.63) is 310 Å². The van der Waals surface area contributed by atoms with E-state index in [-0.39, 0.29) is 10.8 Å². The van der Waals surface area contributed by atoms with Crippen LogP contribution in [-0.4, -0.2) is 8.80 Å². The lowest BCUT2D eigenvalue weighted by molar-refractivity contribution is 0.590. The van der Waals surface area contributed by atoms with Crippen molar-refractivity contribution in [1.29, 1.82) is 0 Å². The fraction of sp³-hybridized carbons (Fsp3) is 0.132. The third kappa shape index (κ3) is 6.32. The summed E-state index contributed by atoms with van der Waals surface area (Å²) in [5.41, 5.74) is 18.7. The minimum Gasteiger partial charge on any atom is -0.308 e. The normalized spacial score (nSPS) is 13.0. The van der Waals surface area contributed by atoms with E-state index < -0.39 is 10.8 Å². The maximum atomic E-state index is 2.67. The highest BCUT2D eigenvalue weighted by Gasteiger charge is 2.41. The molecule has 4 heterocycles. The van der Waals surface area contributed by atoms with Crippen molar-refractivity contribution < 1.29 is 0 Å². The van der Waals surface area contributed by atoms with Crippen molar-refractivity contribution in [3.63, 3.8) is 0 Å². The van der Waals surface area contributed by atoms with Gasteiger partial charge < -0.3 is 8.80 Å². The van der Waals surface area contributed by atoms with Gasteiger partial charge in [-0.15, -0.1) is 0 Å². The lowest BCUT2D eigenvalue weighted by atomic mass is 9.65. The van der Waals surface area contributed by atoms with Crippen LogP contribution in [0.1, 0.15) is 97.2 Å². The van der Waals surface area contributed by atoms with Gasteiger partial charge >= 0.3 is 0 Å².